The molecule has 0 aromatic carbocycles. The monoisotopic (exact) mass is 225 g/mol. The molecule has 0 amide bonds. The van der Waals surface area contributed by atoms with E-state index in [2.05, 4.69) is 10.0 Å². The van der Waals surface area contributed by atoms with Crippen LogP contribution in [0.2, 0.25) is 0 Å². The third kappa shape index (κ3) is 1.99. The number of rotatable bonds is 1. The van der Waals surface area contributed by atoms with Gasteiger partial charge in [0.1, 0.15) is 0 Å². The quantitative estimate of drug-likeness (QED) is 0.709. The summed E-state index contributed by atoms with van der Waals surface area (Å²) in [4.78, 5) is 0. The van der Waals surface area contributed by atoms with Gasteiger partial charge in [-0.2, -0.15) is 0 Å². The molecule has 0 spiro atoms. The molecule has 0 aliphatic carbocycles. The van der Waals surface area contributed by atoms with E-state index in [1.165, 1.54) is 32.1 Å². The number of hydrogen-bond donors (Lipinski definition) is 1. The number of hydrazine groups is 1. The van der Waals surface area contributed by atoms with Crippen LogP contribution >= 0.6 is 0 Å². The van der Waals surface area contributed by atoms with E-state index in [-0.39, 0.29) is 0 Å². The number of piperidine rings is 2. The van der Waals surface area contributed by atoms with Crippen LogP contribution in [0.25, 0.3) is 0 Å². The fourth-order valence-electron chi connectivity index (χ4n) is 3.65. The summed E-state index contributed by atoms with van der Waals surface area (Å²) in [5.74, 6) is 0. The van der Waals surface area contributed by atoms with Gasteiger partial charge in [-0.15, -0.1) is 0 Å². The molecule has 2 N–H and O–H groups in total. The number of hydrogen-bond acceptors (Lipinski definition) is 4. The van der Waals surface area contributed by atoms with Crippen LogP contribution < -0.4 is 5.73 Å². The Hall–Kier alpha value is -0.160. The number of nitrogens with two attached hydrogens (primary N) is 1. The lowest BCUT2D eigenvalue weighted by atomic mass is 9.83. The van der Waals surface area contributed by atoms with E-state index in [9.17, 15) is 0 Å². The Labute approximate surface area is 97.7 Å². The van der Waals surface area contributed by atoms with E-state index >= 15 is 0 Å². The highest BCUT2D eigenvalue weighted by atomic mass is 16.5. The Kier molecular flexibility index (Phi) is 3.16. The average Bonchev–Trinajstić information content (AvgIpc) is 2.29. The first kappa shape index (κ1) is 11.0. The molecule has 2 unspecified atom stereocenters. The zero-order valence-electron chi connectivity index (χ0n) is 9.98. The molecule has 3 saturated heterocycles. The Bertz CT molecular complexity index is 222. The van der Waals surface area contributed by atoms with Gasteiger partial charge in [-0.1, -0.05) is 6.42 Å². The summed E-state index contributed by atoms with van der Waals surface area (Å²) in [6, 6.07) is 1.86. The SMILES string of the molecule is NC1CC2CCCC(C1)N2N1CCOCC1. The van der Waals surface area contributed by atoms with Crippen LogP contribution in [0, 0.1) is 0 Å². The van der Waals surface area contributed by atoms with Crippen molar-refractivity contribution in [2.75, 3.05) is 26.3 Å². The maximum absolute atomic E-state index is 6.15. The summed E-state index contributed by atoms with van der Waals surface area (Å²) in [7, 11) is 0. The lowest BCUT2D eigenvalue weighted by molar-refractivity contribution is -0.167. The minimum Gasteiger partial charge on any atom is -0.379 e. The first-order chi connectivity index (χ1) is 7.84. The largest absolute Gasteiger partial charge is 0.379 e. The third-order valence-corrected chi connectivity index (χ3v) is 4.29. The molecule has 3 fully saturated rings. The smallest absolute Gasteiger partial charge is 0.0608 e. The van der Waals surface area contributed by atoms with Crippen molar-refractivity contribution in [3.8, 4) is 0 Å². The van der Waals surface area contributed by atoms with Crippen molar-refractivity contribution in [1.29, 1.82) is 0 Å². The molecule has 0 aromatic heterocycles. The fourth-order valence-corrected chi connectivity index (χ4v) is 3.65. The van der Waals surface area contributed by atoms with Gasteiger partial charge in [-0.05, 0) is 25.7 Å². The number of nitrogens with zero attached hydrogens (tertiary/aromatic N) is 2. The van der Waals surface area contributed by atoms with E-state index < -0.39 is 0 Å². The van der Waals surface area contributed by atoms with Crippen molar-refractivity contribution in [3.63, 3.8) is 0 Å². The second-order valence-corrected chi connectivity index (χ2v) is 5.42. The van der Waals surface area contributed by atoms with E-state index in [4.69, 9.17) is 10.5 Å². The van der Waals surface area contributed by atoms with E-state index in [0.717, 1.165) is 26.3 Å². The maximum Gasteiger partial charge on any atom is 0.0608 e. The maximum atomic E-state index is 6.15. The highest BCUT2D eigenvalue weighted by molar-refractivity contribution is 4.93. The molecular weight excluding hydrogens is 202 g/mol. The third-order valence-electron chi connectivity index (χ3n) is 4.29. The highest BCUT2D eigenvalue weighted by Crippen LogP contribution is 2.34. The van der Waals surface area contributed by atoms with Crippen LogP contribution in [-0.2, 0) is 4.74 Å². The van der Waals surface area contributed by atoms with E-state index in [1.54, 1.807) is 0 Å². The Morgan fingerprint density at radius 3 is 2.25 bits per heavy atom. The standard InChI is InChI=1S/C12H23N3O/c13-10-8-11-2-1-3-12(9-10)15(11)14-4-6-16-7-5-14/h10-12H,1-9,13H2. The molecule has 16 heavy (non-hydrogen) atoms. The summed E-state index contributed by atoms with van der Waals surface area (Å²) in [6.45, 7) is 3.93. The second-order valence-electron chi connectivity index (χ2n) is 5.42. The van der Waals surface area contributed by atoms with E-state index in [1.807, 2.05) is 0 Å². The molecule has 0 saturated carbocycles. The number of fused-ring (bicyclic) bond motifs is 2. The van der Waals surface area contributed by atoms with Crippen molar-refractivity contribution in [1.82, 2.24) is 10.0 Å². The topological polar surface area (TPSA) is 41.7 Å². The van der Waals surface area contributed by atoms with Gasteiger partial charge in [0.15, 0.2) is 0 Å². The van der Waals surface area contributed by atoms with Crippen LogP contribution in [0.15, 0.2) is 0 Å². The summed E-state index contributed by atoms with van der Waals surface area (Å²) >= 11 is 0. The average molecular weight is 225 g/mol. The minimum absolute atomic E-state index is 0.438. The molecule has 3 heterocycles. The van der Waals surface area contributed by atoms with Gasteiger partial charge in [-0.25, -0.2) is 10.0 Å². The Morgan fingerprint density at radius 2 is 1.62 bits per heavy atom. The Morgan fingerprint density at radius 1 is 1.00 bits per heavy atom. The zero-order chi connectivity index (χ0) is 11.0. The summed E-state index contributed by atoms with van der Waals surface area (Å²) < 4.78 is 5.44. The van der Waals surface area contributed by atoms with Crippen LogP contribution in [0.4, 0.5) is 0 Å². The molecule has 3 aliphatic rings. The molecule has 2 atom stereocenters. The fraction of sp³-hybridized carbons (Fsp3) is 1.00. The van der Waals surface area contributed by atoms with Gasteiger partial charge in [0.2, 0.25) is 0 Å². The van der Waals surface area contributed by atoms with Gasteiger partial charge in [0.05, 0.1) is 13.2 Å². The van der Waals surface area contributed by atoms with Gasteiger partial charge in [0, 0.05) is 31.2 Å². The molecule has 2 bridgehead atoms. The zero-order valence-corrected chi connectivity index (χ0v) is 9.98. The van der Waals surface area contributed by atoms with Crippen LogP contribution in [-0.4, -0.2) is 54.4 Å². The predicted octanol–water partition coefficient (Wildman–Crippen LogP) is 0.578. The molecule has 3 rings (SSSR count). The number of ether oxygens (including phenoxy) is 1. The Balaban J connectivity index is 1.72. The van der Waals surface area contributed by atoms with Crippen molar-refractivity contribution in [3.05, 3.63) is 0 Å². The summed E-state index contributed by atoms with van der Waals surface area (Å²) in [6.07, 6.45) is 6.44. The lowest BCUT2D eigenvalue weighted by Gasteiger charge is -2.53. The van der Waals surface area contributed by atoms with Crippen molar-refractivity contribution < 1.29 is 4.74 Å². The first-order valence-corrected chi connectivity index (χ1v) is 6.71. The number of morpholine rings is 1. The normalized spacial score (nSPS) is 42.2. The molecule has 4 heteroatoms. The molecule has 3 aliphatic heterocycles. The van der Waals surface area contributed by atoms with Crippen LogP contribution in [0.1, 0.15) is 32.1 Å². The molecule has 92 valence electrons. The van der Waals surface area contributed by atoms with Crippen molar-refractivity contribution >= 4 is 0 Å². The predicted molar refractivity (Wildman–Crippen MR) is 62.9 cm³/mol. The summed E-state index contributed by atoms with van der Waals surface area (Å²) in [5, 5.41) is 5.19. The van der Waals surface area contributed by atoms with Crippen LogP contribution in [0.5, 0.6) is 0 Å². The van der Waals surface area contributed by atoms with Gasteiger partial charge in [-0.3, -0.25) is 0 Å². The van der Waals surface area contributed by atoms with Gasteiger partial charge < -0.3 is 10.5 Å². The van der Waals surface area contributed by atoms with Crippen LogP contribution in [0.3, 0.4) is 0 Å². The molecular formula is C12H23N3O. The molecule has 0 radical (unpaired) electrons. The van der Waals surface area contributed by atoms with Gasteiger partial charge >= 0.3 is 0 Å². The first-order valence-electron chi connectivity index (χ1n) is 6.71. The highest BCUT2D eigenvalue weighted by Gasteiger charge is 2.40. The second kappa shape index (κ2) is 4.61. The molecule has 0 aromatic rings. The minimum atomic E-state index is 0.438. The van der Waals surface area contributed by atoms with E-state index in [0.29, 0.717) is 18.1 Å². The van der Waals surface area contributed by atoms with Crippen molar-refractivity contribution in [2.24, 2.45) is 5.73 Å². The van der Waals surface area contributed by atoms with Crippen molar-refractivity contribution in [2.45, 2.75) is 50.2 Å². The lowest BCUT2D eigenvalue weighted by Crippen LogP contribution is -2.63. The van der Waals surface area contributed by atoms with Gasteiger partial charge in [0.25, 0.3) is 0 Å². The summed E-state index contributed by atoms with van der Waals surface area (Å²) in [5.41, 5.74) is 6.15. The molecule has 4 nitrogen and oxygen atoms in total.